The summed E-state index contributed by atoms with van der Waals surface area (Å²) < 4.78 is 0. The second kappa shape index (κ2) is 5.19. The summed E-state index contributed by atoms with van der Waals surface area (Å²) in [5, 5.41) is -1.77. The van der Waals surface area contributed by atoms with Crippen LogP contribution in [0.15, 0.2) is 0 Å². The molecular weight excluding hydrogens is 364 g/mol. The molecule has 0 aliphatic rings. The topological polar surface area (TPSA) is 0 Å². The Morgan fingerprint density at radius 3 is 0.833 bits per heavy atom. The lowest BCUT2D eigenvalue weighted by Crippen LogP contribution is -2.44. The lowest BCUT2D eigenvalue weighted by atomic mass is 10.9. The summed E-state index contributed by atoms with van der Waals surface area (Å²) in [6.07, 6.45) is 0. The summed E-state index contributed by atoms with van der Waals surface area (Å²) in [5.74, 6) is 0. The predicted octanol–water partition coefficient (Wildman–Crippen LogP) is 4.59. The average Bonchev–Trinajstić information content (AvgIpc) is 1.80. The summed E-state index contributed by atoms with van der Waals surface area (Å²) >= 11 is 44.9. The fraction of sp³-hybridized carbons (Fsp3) is 1.00. The third kappa shape index (κ3) is 5.01. The predicted molar refractivity (Wildman–Crippen MR) is 65.9 cm³/mol. The molecule has 0 aliphatic carbocycles. The molecule has 12 heavy (non-hydrogen) atoms. The zero-order chi connectivity index (χ0) is 10.2. The molecule has 0 aromatic rings. The molecular formula is C2H2Cl8Si2. The van der Waals surface area contributed by atoms with Gasteiger partial charge in [0.2, 0.25) is 0 Å². The van der Waals surface area contributed by atoms with Gasteiger partial charge in [-0.2, -0.15) is 0 Å². The molecule has 2 atom stereocenters. The molecule has 0 radical (unpaired) electrons. The van der Waals surface area contributed by atoms with Crippen LogP contribution < -0.4 is 0 Å². The minimum absolute atomic E-state index is 0.886. The lowest BCUT2D eigenvalue weighted by Gasteiger charge is -2.24. The monoisotopic (exact) mass is 362 g/mol. The van der Waals surface area contributed by atoms with Gasteiger partial charge in [0, 0.05) is 0 Å². The van der Waals surface area contributed by atoms with E-state index >= 15 is 0 Å². The second-order valence-electron chi connectivity index (χ2n) is 1.89. The van der Waals surface area contributed by atoms with Gasteiger partial charge in [0.15, 0.2) is 0 Å². The third-order valence-corrected chi connectivity index (χ3v) is 12.4. The van der Waals surface area contributed by atoms with Crippen molar-refractivity contribution in [3.05, 3.63) is 0 Å². The Bertz CT molecular complexity index is 128. The molecule has 2 unspecified atom stereocenters. The van der Waals surface area contributed by atoms with Crippen molar-refractivity contribution in [3.8, 4) is 0 Å². The van der Waals surface area contributed by atoms with Gasteiger partial charge in [-0.3, -0.25) is 0 Å². The van der Waals surface area contributed by atoms with Crippen molar-refractivity contribution in [1.29, 1.82) is 0 Å². The van der Waals surface area contributed by atoms with E-state index in [1.165, 1.54) is 0 Å². The van der Waals surface area contributed by atoms with E-state index in [0.29, 0.717) is 0 Å². The third-order valence-electron chi connectivity index (χ3n) is 0.882. The average molecular weight is 366 g/mol. The fourth-order valence-electron chi connectivity index (χ4n) is 0.332. The normalized spacial score (nSPS) is 19.0. The van der Waals surface area contributed by atoms with Gasteiger partial charge in [-0.15, -0.1) is 89.7 Å². The Morgan fingerprint density at radius 2 is 0.750 bits per heavy atom. The molecule has 0 N–H and O–H groups in total. The van der Waals surface area contributed by atoms with Gasteiger partial charge in [0.25, 0.3) is 0 Å². The summed E-state index contributed by atoms with van der Waals surface area (Å²) in [7, 11) is 0. The smallest absolute Gasteiger partial charge is 0.124 e. The molecule has 0 amide bonds. The SMILES string of the molecule is ClC(C(Cl)[Si](Cl)(Cl)Cl)[Si](Cl)(Cl)Cl. The fourth-order valence-corrected chi connectivity index (χ4v) is 8.96. The van der Waals surface area contributed by atoms with Crippen molar-refractivity contribution in [2.75, 3.05) is 0 Å². The van der Waals surface area contributed by atoms with Crippen LogP contribution in [0.1, 0.15) is 0 Å². The zero-order valence-electron chi connectivity index (χ0n) is 5.18. The van der Waals surface area contributed by atoms with Crippen LogP contribution in [0.4, 0.5) is 0 Å². The molecule has 0 heterocycles. The van der Waals surface area contributed by atoms with Gasteiger partial charge < -0.3 is 0 Å². The number of halogens is 8. The van der Waals surface area contributed by atoms with Crippen molar-refractivity contribution < 1.29 is 0 Å². The first-order valence-electron chi connectivity index (χ1n) is 2.48. The van der Waals surface area contributed by atoms with E-state index in [4.69, 9.17) is 89.7 Å². The summed E-state index contributed by atoms with van der Waals surface area (Å²) in [5.41, 5.74) is 0. The summed E-state index contributed by atoms with van der Waals surface area (Å²) in [4.78, 5) is 0. The molecule has 0 aromatic carbocycles. The highest BCUT2D eigenvalue weighted by Gasteiger charge is 2.49. The van der Waals surface area contributed by atoms with Crippen LogP contribution in [0.5, 0.6) is 0 Å². The standard InChI is InChI=1S/C2H2Cl8Si2/c3-1(11(5,6)7)2(4)12(8,9)10/h1-2H. The highest BCUT2D eigenvalue weighted by molar-refractivity contribution is 7.69. The Kier molecular flexibility index (Phi) is 6.39. The van der Waals surface area contributed by atoms with Gasteiger partial charge in [0.05, 0.1) is 10.0 Å². The van der Waals surface area contributed by atoms with Crippen LogP contribution >= 0.6 is 89.7 Å². The largest absolute Gasteiger partial charge is 0.359 e. The van der Waals surface area contributed by atoms with Crippen LogP contribution in [0, 0.1) is 0 Å². The molecule has 0 spiro atoms. The van der Waals surface area contributed by atoms with E-state index in [0.717, 1.165) is 0 Å². The van der Waals surface area contributed by atoms with E-state index in [2.05, 4.69) is 0 Å². The molecule has 74 valence electrons. The van der Waals surface area contributed by atoms with E-state index in [9.17, 15) is 0 Å². The maximum Gasteiger partial charge on any atom is 0.359 e. The number of hydrogen-bond acceptors (Lipinski definition) is 0. The van der Waals surface area contributed by atoms with Crippen LogP contribution in [0.25, 0.3) is 0 Å². The number of rotatable bonds is 3. The van der Waals surface area contributed by atoms with Gasteiger partial charge >= 0.3 is 12.0 Å². The molecule has 0 aromatic heterocycles. The van der Waals surface area contributed by atoms with Crippen LogP contribution in [0.3, 0.4) is 0 Å². The quantitative estimate of drug-likeness (QED) is 0.390. The van der Waals surface area contributed by atoms with E-state index < -0.39 is 22.0 Å². The maximum atomic E-state index is 5.71. The Hall–Kier alpha value is 2.75. The van der Waals surface area contributed by atoms with Crippen LogP contribution in [-0.2, 0) is 0 Å². The lowest BCUT2D eigenvalue weighted by molar-refractivity contribution is 1.25. The van der Waals surface area contributed by atoms with Crippen molar-refractivity contribution in [2.24, 2.45) is 0 Å². The minimum atomic E-state index is -3.10. The first-order valence-corrected chi connectivity index (χ1v) is 13.6. The zero-order valence-corrected chi connectivity index (χ0v) is 13.2. The van der Waals surface area contributed by atoms with Crippen molar-refractivity contribution in [3.63, 3.8) is 0 Å². The van der Waals surface area contributed by atoms with Gasteiger partial charge in [0.1, 0.15) is 0 Å². The van der Waals surface area contributed by atoms with E-state index in [-0.39, 0.29) is 0 Å². The summed E-state index contributed by atoms with van der Waals surface area (Å²) in [6, 6.07) is -6.20. The minimum Gasteiger partial charge on any atom is -0.124 e. The highest BCUT2D eigenvalue weighted by Crippen LogP contribution is 2.39. The Morgan fingerprint density at radius 1 is 0.583 bits per heavy atom. The maximum absolute atomic E-state index is 5.71. The number of hydrogen-bond donors (Lipinski definition) is 0. The highest BCUT2D eigenvalue weighted by atomic mass is 35.8. The second-order valence-corrected chi connectivity index (χ2v) is 21.2. The molecule has 0 saturated heterocycles. The van der Waals surface area contributed by atoms with Gasteiger partial charge in [-0.1, -0.05) is 0 Å². The number of alkyl halides is 2. The summed E-state index contributed by atoms with van der Waals surface area (Å²) in [6.45, 7) is 0. The molecule has 0 nitrogen and oxygen atoms in total. The van der Waals surface area contributed by atoms with Gasteiger partial charge in [-0.05, 0) is 0 Å². The molecule has 0 fully saturated rings. The van der Waals surface area contributed by atoms with Crippen molar-refractivity contribution in [2.45, 2.75) is 10.0 Å². The van der Waals surface area contributed by atoms with Crippen LogP contribution in [-0.4, -0.2) is 22.0 Å². The Balaban J connectivity index is 4.41. The molecule has 0 bridgehead atoms. The van der Waals surface area contributed by atoms with Crippen molar-refractivity contribution in [1.82, 2.24) is 0 Å². The first kappa shape index (κ1) is 14.8. The van der Waals surface area contributed by atoms with E-state index in [1.54, 1.807) is 0 Å². The van der Waals surface area contributed by atoms with Crippen LogP contribution in [0.2, 0.25) is 0 Å². The van der Waals surface area contributed by atoms with Gasteiger partial charge in [-0.25, -0.2) is 0 Å². The first-order chi connectivity index (χ1) is 5.07. The Labute approximate surface area is 111 Å². The molecule has 0 saturated carbocycles. The molecule has 0 rings (SSSR count). The molecule has 0 aliphatic heterocycles. The van der Waals surface area contributed by atoms with Crippen molar-refractivity contribution >= 4 is 102 Å². The molecule has 10 heteroatoms. The van der Waals surface area contributed by atoms with E-state index in [1.807, 2.05) is 0 Å².